The summed E-state index contributed by atoms with van der Waals surface area (Å²) in [6.45, 7) is 8.46. The second-order valence-corrected chi connectivity index (χ2v) is 11.8. The van der Waals surface area contributed by atoms with Crippen LogP contribution in [0, 0.1) is 19.7 Å². The lowest BCUT2D eigenvalue weighted by Crippen LogP contribution is -2.39. The molecule has 1 amide bonds. The number of nitrogens with zero attached hydrogens (tertiary/aromatic N) is 3. The van der Waals surface area contributed by atoms with Crippen molar-refractivity contribution in [2.45, 2.75) is 31.6 Å². The molecule has 188 valence electrons. The number of amides is 1. The minimum Gasteiger partial charge on any atom is -0.379 e. The molecule has 0 spiro atoms. The van der Waals surface area contributed by atoms with E-state index in [4.69, 9.17) is 9.72 Å². The van der Waals surface area contributed by atoms with E-state index in [2.05, 4.69) is 4.90 Å². The number of hydrogen-bond donors (Lipinski definition) is 0. The van der Waals surface area contributed by atoms with Crippen LogP contribution in [-0.2, 0) is 19.4 Å². The molecule has 1 fully saturated rings. The highest BCUT2D eigenvalue weighted by molar-refractivity contribution is 7.91. The van der Waals surface area contributed by atoms with E-state index in [1.807, 2.05) is 26.0 Å². The van der Waals surface area contributed by atoms with Gasteiger partial charge in [0.05, 0.1) is 34.1 Å². The molecule has 0 atom stereocenters. The zero-order valence-electron chi connectivity index (χ0n) is 20.0. The highest BCUT2D eigenvalue weighted by Crippen LogP contribution is 2.32. The maximum atomic E-state index is 13.3. The Hall–Kier alpha value is -2.40. The SMILES string of the molecule is Cc1ccc2sc(N(CCCN3CCOCC3)C(=O)CCS(=O)(=O)c3ccc(F)cc3)nc2c1C. The second kappa shape index (κ2) is 11.1. The fourth-order valence-corrected chi connectivity index (χ4v) is 6.35. The maximum absolute atomic E-state index is 13.3. The third-order valence-electron chi connectivity index (χ3n) is 6.32. The molecule has 3 aromatic rings. The van der Waals surface area contributed by atoms with Gasteiger partial charge in [-0.3, -0.25) is 14.6 Å². The molecule has 2 heterocycles. The lowest BCUT2D eigenvalue weighted by atomic mass is 10.1. The Morgan fingerprint density at radius 2 is 1.86 bits per heavy atom. The molecular formula is C25H30FN3O4S2. The number of morpholine rings is 1. The molecule has 10 heteroatoms. The first-order chi connectivity index (χ1) is 16.7. The standard InChI is InChI=1S/C25H30FN3O4S2/c1-18-4-9-22-24(19(18)2)27-25(34-22)29(12-3-11-28-13-15-33-16-14-28)23(30)10-17-35(31,32)21-7-5-20(26)6-8-21/h4-9H,3,10-17H2,1-2H3. The Labute approximate surface area is 209 Å². The maximum Gasteiger partial charge on any atom is 0.229 e. The molecule has 1 aliphatic heterocycles. The van der Waals surface area contributed by atoms with Gasteiger partial charge < -0.3 is 4.74 Å². The minimum absolute atomic E-state index is 0.0108. The van der Waals surface area contributed by atoms with Gasteiger partial charge in [-0.25, -0.2) is 17.8 Å². The van der Waals surface area contributed by atoms with Crippen LogP contribution in [0.4, 0.5) is 9.52 Å². The van der Waals surface area contributed by atoms with Crippen molar-refractivity contribution in [3.05, 3.63) is 53.3 Å². The number of thiazole rings is 1. The predicted octanol–water partition coefficient (Wildman–Crippen LogP) is 3.97. The largest absolute Gasteiger partial charge is 0.379 e. The molecule has 2 aromatic carbocycles. The van der Waals surface area contributed by atoms with Crippen molar-refractivity contribution >= 4 is 42.4 Å². The fourth-order valence-electron chi connectivity index (χ4n) is 4.05. The van der Waals surface area contributed by atoms with E-state index in [0.717, 1.165) is 59.5 Å². The third kappa shape index (κ3) is 6.24. The third-order valence-corrected chi connectivity index (χ3v) is 9.10. The summed E-state index contributed by atoms with van der Waals surface area (Å²) in [6.07, 6.45) is 0.565. The molecular weight excluding hydrogens is 489 g/mol. The highest BCUT2D eigenvalue weighted by atomic mass is 32.2. The quantitative estimate of drug-likeness (QED) is 0.398. The molecule has 35 heavy (non-hydrogen) atoms. The lowest BCUT2D eigenvalue weighted by Gasteiger charge is -2.27. The van der Waals surface area contributed by atoms with Crippen molar-refractivity contribution < 1.29 is 22.3 Å². The van der Waals surface area contributed by atoms with Crippen molar-refractivity contribution in [1.82, 2.24) is 9.88 Å². The summed E-state index contributed by atoms with van der Waals surface area (Å²) in [5, 5.41) is 0.583. The van der Waals surface area contributed by atoms with Crippen LogP contribution < -0.4 is 4.90 Å². The van der Waals surface area contributed by atoms with Crippen molar-refractivity contribution in [1.29, 1.82) is 0 Å². The van der Waals surface area contributed by atoms with E-state index in [1.54, 1.807) is 4.90 Å². The number of fused-ring (bicyclic) bond motifs is 1. The summed E-state index contributed by atoms with van der Waals surface area (Å²) in [6, 6.07) is 8.73. The number of anilines is 1. The number of sulfone groups is 1. The van der Waals surface area contributed by atoms with E-state index >= 15 is 0 Å². The summed E-state index contributed by atoms with van der Waals surface area (Å²) in [5.41, 5.74) is 3.07. The molecule has 7 nitrogen and oxygen atoms in total. The van der Waals surface area contributed by atoms with Crippen LogP contribution in [0.1, 0.15) is 24.0 Å². The van der Waals surface area contributed by atoms with Crippen LogP contribution in [0.15, 0.2) is 41.3 Å². The van der Waals surface area contributed by atoms with Gasteiger partial charge in [0.1, 0.15) is 5.82 Å². The average molecular weight is 520 g/mol. The second-order valence-electron chi connectivity index (χ2n) is 8.73. The van der Waals surface area contributed by atoms with Gasteiger partial charge in [0.25, 0.3) is 0 Å². The van der Waals surface area contributed by atoms with E-state index in [-0.39, 0.29) is 23.0 Å². The molecule has 0 aliphatic carbocycles. The molecule has 1 saturated heterocycles. The van der Waals surface area contributed by atoms with Gasteiger partial charge in [0, 0.05) is 32.6 Å². The summed E-state index contributed by atoms with van der Waals surface area (Å²) in [5.74, 6) is -1.14. The molecule has 0 bridgehead atoms. The van der Waals surface area contributed by atoms with E-state index < -0.39 is 15.7 Å². The minimum atomic E-state index is -3.72. The van der Waals surface area contributed by atoms with Crippen molar-refractivity contribution in [3.63, 3.8) is 0 Å². The smallest absolute Gasteiger partial charge is 0.229 e. The number of aromatic nitrogens is 1. The Morgan fingerprint density at radius 1 is 1.14 bits per heavy atom. The molecule has 1 aromatic heterocycles. The molecule has 1 aliphatic rings. The van der Waals surface area contributed by atoms with Crippen LogP contribution in [0.25, 0.3) is 10.2 Å². The Balaban J connectivity index is 1.51. The Morgan fingerprint density at radius 3 is 2.57 bits per heavy atom. The molecule has 0 radical (unpaired) electrons. The Bertz CT molecular complexity index is 1290. The number of halogens is 1. The van der Waals surface area contributed by atoms with Gasteiger partial charge in [-0.2, -0.15) is 0 Å². The van der Waals surface area contributed by atoms with Gasteiger partial charge in [0.2, 0.25) is 5.91 Å². The molecule has 0 saturated carbocycles. The lowest BCUT2D eigenvalue weighted by molar-refractivity contribution is -0.118. The number of carbonyl (C=O) groups excluding carboxylic acids is 1. The van der Waals surface area contributed by atoms with E-state index in [1.165, 1.54) is 23.5 Å². The first-order valence-corrected chi connectivity index (χ1v) is 14.2. The first-order valence-electron chi connectivity index (χ1n) is 11.7. The van der Waals surface area contributed by atoms with Gasteiger partial charge in [-0.1, -0.05) is 17.4 Å². The number of ether oxygens (including phenoxy) is 1. The van der Waals surface area contributed by atoms with Crippen molar-refractivity contribution in [2.24, 2.45) is 0 Å². The summed E-state index contributed by atoms with van der Waals surface area (Å²) < 4.78 is 45.1. The number of hydrogen-bond acceptors (Lipinski definition) is 7. The van der Waals surface area contributed by atoms with Crippen LogP contribution in [0.3, 0.4) is 0 Å². The van der Waals surface area contributed by atoms with E-state index in [9.17, 15) is 17.6 Å². The summed E-state index contributed by atoms with van der Waals surface area (Å²) in [7, 11) is -3.72. The summed E-state index contributed by atoms with van der Waals surface area (Å²) in [4.78, 5) is 22.0. The topological polar surface area (TPSA) is 79.8 Å². The summed E-state index contributed by atoms with van der Waals surface area (Å²) >= 11 is 1.44. The van der Waals surface area contributed by atoms with Gasteiger partial charge in [-0.05, 0) is 61.7 Å². The zero-order valence-corrected chi connectivity index (χ0v) is 21.6. The fraction of sp³-hybridized carbons (Fsp3) is 0.440. The molecule has 0 unspecified atom stereocenters. The van der Waals surface area contributed by atoms with Gasteiger partial charge in [-0.15, -0.1) is 0 Å². The number of carbonyl (C=O) groups is 1. The first kappa shape index (κ1) is 25.7. The van der Waals surface area contributed by atoms with E-state index in [0.29, 0.717) is 24.9 Å². The predicted molar refractivity (Wildman–Crippen MR) is 136 cm³/mol. The average Bonchev–Trinajstić information content (AvgIpc) is 3.28. The number of benzene rings is 2. The highest BCUT2D eigenvalue weighted by Gasteiger charge is 2.24. The van der Waals surface area contributed by atoms with Crippen LogP contribution in [0.2, 0.25) is 0 Å². The van der Waals surface area contributed by atoms with Crippen LogP contribution in [-0.4, -0.2) is 69.4 Å². The van der Waals surface area contributed by atoms with Crippen molar-refractivity contribution in [3.8, 4) is 0 Å². The number of rotatable bonds is 9. The Kier molecular flexibility index (Phi) is 8.16. The number of aryl methyl sites for hydroxylation is 2. The molecule has 4 rings (SSSR count). The van der Waals surface area contributed by atoms with Gasteiger partial charge in [0.15, 0.2) is 15.0 Å². The normalized spacial score (nSPS) is 14.9. The van der Waals surface area contributed by atoms with Gasteiger partial charge >= 0.3 is 0 Å². The monoisotopic (exact) mass is 519 g/mol. The van der Waals surface area contributed by atoms with Crippen molar-refractivity contribution in [2.75, 3.05) is 50.0 Å². The van der Waals surface area contributed by atoms with Crippen LogP contribution in [0.5, 0.6) is 0 Å². The zero-order chi connectivity index (χ0) is 25.0. The molecule has 0 N–H and O–H groups in total. The van der Waals surface area contributed by atoms with Crippen LogP contribution >= 0.6 is 11.3 Å².